The molecule has 1 aromatic heterocycles. The monoisotopic (exact) mass is 220 g/mol. The number of hydrogen-bond donors (Lipinski definition) is 2. The second-order valence-electron chi connectivity index (χ2n) is 2.98. The van der Waals surface area contributed by atoms with Crippen molar-refractivity contribution in [2.75, 3.05) is 5.43 Å². The van der Waals surface area contributed by atoms with Crippen molar-refractivity contribution in [2.24, 2.45) is 5.84 Å². The van der Waals surface area contributed by atoms with Gasteiger partial charge in [-0.15, -0.1) is 5.10 Å². The minimum atomic E-state index is 0.521. The lowest BCUT2D eigenvalue weighted by Gasteiger charge is -2.03. The van der Waals surface area contributed by atoms with Crippen LogP contribution >= 0.6 is 11.6 Å². The average Bonchev–Trinajstić information content (AvgIpc) is 2.29. The van der Waals surface area contributed by atoms with Gasteiger partial charge in [0.25, 0.3) is 0 Å². The van der Waals surface area contributed by atoms with E-state index in [1.165, 1.54) is 0 Å². The first-order valence-electron chi connectivity index (χ1n) is 4.35. The molecule has 0 aliphatic rings. The molecular formula is C10H9ClN4. The van der Waals surface area contributed by atoms with Gasteiger partial charge in [-0.2, -0.15) is 5.10 Å². The fourth-order valence-electron chi connectivity index (χ4n) is 1.26. The highest BCUT2D eigenvalue weighted by Gasteiger charge is 2.00. The van der Waals surface area contributed by atoms with E-state index in [2.05, 4.69) is 15.6 Å². The molecule has 5 heteroatoms. The summed E-state index contributed by atoms with van der Waals surface area (Å²) in [6.07, 6.45) is 1.66. The number of nitrogens with two attached hydrogens (primary N) is 1. The first kappa shape index (κ1) is 9.89. The molecule has 1 aromatic carbocycles. The second kappa shape index (κ2) is 4.25. The molecule has 76 valence electrons. The lowest BCUT2D eigenvalue weighted by molar-refractivity contribution is 1.02. The highest BCUT2D eigenvalue weighted by molar-refractivity contribution is 6.30. The van der Waals surface area contributed by atoms with Crippen LogP contribution in [0.15, 0.2) is 36.5 Å². The van der Waals surface area contributed by atoms with Gasteiger partial charge in [0.15, 0.2) is 5.82 Å². The number of benzene rings is 1. The van der Waals surface area contributed by atoms with E-state index < -0.39 is 0 Å². The van der Waals surface area contributed by atoms with Gasteiger partial charge < -0.3 is 5.43 Å². The van der Waals surface area contributed by atoms with Crippen molar-refractivity contribution in [1.29, 1.82) is 0 Å². The van der Waals surface area contributed by atoms with Gasteiger partial charge in [-0.3, -0.25) is 0 Å². The molecule has 0 amide bonds. The summed E-state index contributed by atoms with van der Waals surface area (Å²) in [6.45, 7) is 0. The van der Waals surface area contributed by atoms with Crippen LogP contribution in [0.4, 0.5) is 5.82 Å². The van der Waals surface area contributed by atoms with Crippen molar-refractivity contribution < 1.29 is 0 Å². The van der Waals surface area contributed by atoms with Crippen LogP contribution in [-0.2, 0) is 0 Å². The number of anilines is 1. The largest absolute Gasteiger partial charge is 0.307 e. The quantitative estimate of drug-likeness (QED) is 0.601. The van der Waals surface area contributed by atoms with Crippen LogP contribution in [-0.4, -0.2) is 10.2 Å². The molecule has 0 aliphatic carbocycles. The average molecular weight is 221 g/mol. The smallest absolute Gasteiger partial charge is 0.163 e. The summed E-state index contributed by atoms with van der Waals surface area (Å²) < 4.78 is 0. The Morgan fingerprint density at radius 3 is 2.80 bits per heavy atom. The van der Waals surface area contributed by atoms with Crippen molar-refractivity contribution in [3.05, 3.63) is 41.6 Å². The van der Waals surface area contributed by atoms with Crippen LogP contribution in [0, 0.1) is 0 Å². The Morgan fingerprint density at radius 2 is 2.07 bits per heavy atom. The van der Waals surface area contributed by atoms with E-state index in [4.69, 9.17) is 17.4 Å². The molecule has 0 fully saturated rings. The molecule has 0 radical (unpaired) electrons. The van der Waals surface area contributed by atoms with E-state index in [0.29, 0.717) is 10.8 Å². The van der Waals surface area contributed by atoms with E-state index in [-0.39, 0.29) is 0 Å². The van der Waals surface area contributed by atoms with Crippen molar-refractivity contribution >= 4 is 17.4 Å². The van der Waals surface area contributed by atoms with Gasteiger partial charge in [0.2, 0.25) is 0 Å². The topological polar surface area (TPSA) is 63.8 Å². The van der Waals surface area contributed by atoms with Gasteiger partial charge >= 0.3 is 0 Å². The zero-order valence-electron chi connectivity index (χ0n) is 7.81. The van der Waals surface area contributed by atoms with Crippen LogP contribution in [0.3, 0.4) is 0 Å². The third kappa shape index (κ3) is 2.23. The molecule has 2 aromatic rings. The molecule has 3 N–H and O–H groups in total. The third-order valence-corrected chi connectivity index (χ3v) is 2.20. The Balaban J connectivity index is 2.44. The molecule has 0 atom stereocenters. The SMILES string of the molecule is NNc1cc(-c2cccc(Cl)c2)cnn1. The van der Waals surface area contributed by atoms with E-state index in [1.807, 2.05) is 24.3 Å². The summed E-state index contributed by atoms with van der Waals surface area (Å²) in [5.74, 6) is 5.77. The minimum absolute atomic E-state index is 0.521. The Kier molecular flexibility index (Phi) is 2.80. The molecule has 4 nitrogen and oxygen atoms in total. The van der Waals surface area contributed by atoms with Gasteiger partial charge in [0.05, 0.1) is 6.20 Å². The minimum Gasteiger partial charge on any atom is -0.307 e. The number of aromatic nitrogens is 2. The predicted molar refractivity (Wildman–Crippen MR) is 60.3 cm³/mol. The molecule has 15 heavy (non-hydrogen) atoms. The van der Waals surface area contributed by atoms with Crippen molar-refractivity contribution in [2.45, 2.75) is 0 Å². The Hall–Kier alpha value is -1.65. The number of hydrazine groups is 1. The van der Waals surface area contributed by atoms with E-state index in [9.17, 15) is 0 Å². The molecular weight excluding hydrogens is 212 g/mol. The number of nitrogens with zero attached hydrogens (tertiary/aromatic N) is 2. The molecule has 2 rings (SSSR count). The van der Waals surface area contributed by atoms with E-state index >= 15 is 0 Å². The van der Waals surface area contributed by atoms with Crippen LogP contribution in [0.25, 0.3) is 11.1 Å². The highest BCUT2D eigenvalue weighted by Crippen LogP contribution is 2.22. The zero-order chi connectivity index (χ0) is 10.7. The summed E-state index contributed by atoms with van der Waals surface area (Å²) in [6, 6.07) is 9.32. The molecule has 0 saturated heterocycles. The number of nitrogen functional groups attached to an aromatic ring is 1. The van der Waals surface area contributed by atoms with E-state index in [1.54, 1.807) is 12.3 Å². The lowest BCUT2D eigenvalue weighted by atomic mass is 10.1. The van der Waals surface area contributed by atoms with Gasteiger partial charge in [-0.05, 0) is 23.8 Å². The fourth-order valence-corrected chi connectivity index (χ4v) is 1.45. The summed E-state index contributed by atoms with van der Waals surface area (Å²) >= 11 is 5.89. The third-order valence-electron chi connectivity index (χ3n) is 1.96. The predicted octanol–water partition coefficient (Wildman–Crippen LogP) is 2.08. The second-order valence-corrected chi connectivity index (χ2v) is 3.42. The maximum atomic E-state index is 5.89. The van der Waals surface area contributed by atoms with Crippen LogP contribution in [0.5, 0.6) is 0 Å². The standard InChI is InChI=1S/C10H9ClN4/c11-9-3-1-2-7(4-9)8-5-10(14-12)15-13-6-8/h1-6H,12H2,(H,14,15). The number of hydrogen-bond acceptors (Lipinski definition) is 4. The van der Waals surface area contributed by atoms with Gasteiger partial charge in [0, 0.05) is 10.6 Å². The number of nitrogens with one attached hydrogen (secondary N) is 1. The van der Waals surface area contributed by atoms with Crippen LogP contribution < -0.4 is 11.3 Å². The first-order chi connectivity index (χ1) is 7.29. The van der Waals surface area contributed by atoms with Gasteiger partial charge in [0.1, 0.15) is 0 Å². The highest BCUT2D eigenvalue weighted by atomic mass is 35.5. The van der Waals surface area contributed by atoms with Crippen molar-refractivity contribution in [1.82, 2.24) is 10.2 Å². The molecule has 0 aliphatic heterocycles. The first-order valence-corrected chi connectivity index (χ1v) is 4.72. The lowest BCUT2D eigenvalue weighted by Crippen LogP contribution is -2.08. The summed E-state index contributed by atoms with van der Waals surface area (Å²) in [5, 5.41) is 8.30. The zero-order valence-corrected chi connectivity index (χ0v) is 8.57. The van der Waals surface area contributed by atoms with Crippen molar-refractivity contribution in [3.63, 3.8) is 0 Å². The van der Waals surface area contributed by atoms with E-state index in [0.717, 1.165) is 11.1 Å². The van der Waals surface area contributed by atoms with Crippen LogP contribution in [0.2, 0.25) is 5.02 Å². The maximum absolute atomic E-state index is 5.89. The van der Waals surface area contributed by atoms with Gasteiger partial charge in [-0.1, -0.05) is 23.7 Å². The summed E-state index contributed by atoms with van der Waals surface area (Å²) in [7, 11) is 0. The number of rotatable bonds is 2. The molecule has 0 unspecified atom stereocenters. The molecule has 1 heterocycles. The summed E-state index contributed by atoms with van der Waals surface area (Å²) in [5.41, 5.74) is 4.34. The molecule has 0 bridgehead atoms. The fraction of sp³-hybridized carbons (Fsp3) is 0. The van der Waals surface area contributed by atoms with Gasteiger partial charge in [-0.25, -0.2) is 5.84 Å². The number of halogens is 1. The molecule has 0 saturated carbocycles. The Morgan fingerprint density at radius 1 is 1.20 bits per heavy atom. The maximum Gasteiger partial charge on any atom is 0.163 e. The Labute approximate surface area is 92.1 Å². The Bertz CT molecular complexity index is 472. The van der Waals surface area contributed by atoms with Crippen LogP contribution in [0.1, 0.15) is 0 Å². The normalized spacial score (nSPS) is 10.0. The molecule has 0 spiro atoms. The van der Waals surface area contributed by atoms with Crippen molar-refractivity contribution in [3.8, 4) is 11.1 Å². The summed E-state index contributed by atoms with van der Waals surface area (Å²) in [4.78, 5) is 0.